The van der Waals surface area contributed by atoms with Gasteiger partial charge < -0.3 is 10.2 Å². The molecule has 0 atom stereocenters. The predicted octanol–water partition coefficient (Wildman–Crippen LogP) is 2.71. The number of nitrogens with zero attached hydrogens (tertiary/aromatic N) is 1. The minimum Gasteiger partial charge on any atom is -0.490 e. The first-order valence-electron chi connectivity index (χ1n) is 6.18. The average Bonchev–Trinajstić information content (AvgIpc) is 2.32. The first-order valence-corrected chi connectivity index (χ1v) is 6.18. The molecule has 1 aromatic heterocycles. The third kappa shape index (κ3) is 3.33. The fourth-order valence-corrected chi connectivity index (χ4v) is 2.25. The van der Waals surface area contributed by atoms with Gasteiger partial charge in [-0.3, -0.25) is 0 Å². The van der Waals surface area contributed by atoms with Crippen LogP contribution in [0.3, 0.4) is 0 Å². The van der Waals surface area contributed by atoms with Gasteiger partial charge >= 0.3 is 0 Å². The molecule has 94 valence electrons. The Morgan fingerprint density at radius 3 is 2.76 bits per heavy atom. The van der Waals surface area contributed by atoms with Gasteiger partial charge in [0.2, 0.25) is 0 Å². The summed E-state index contributed by atoms with van der Waals surface area (Å²) in [6.45, 7) is 4.65. The summed E-state index contributed by atoms with van der Waals surface area (Å²) in [5.74, 6) is 6.80. The van der Waals surface area contributed by atoms with Crippen molar-refractivity contribution in [3.05, 3.63) is 18.3 Å². The Labute approximate surface area is 103 Å². The van der Waals surface area contributed by atoms with Gasteiger partial charge in [0.25, 0.3) is 0 Å². The molecule has 1 fully saturated rings. The Morgan fingerprint density at radius 2 is 2.12 bits per heavy atom. The second-order valence-corrected chi connectivity index (χ2v) is 5.50. The van der Waals surface area contributed by atoms with E-state index in [9.17, 15) is 0 Å². The van der Waals surface area contributed by atoms with E-state index in [0.717, 1.165) is 18.6 Å². The highest BCUT2D eigenvalue weighted by Gasteiger charge is 2.27. The fraction of sp³-hybridized carbons (Fsp3) is 0.615. The summed E-state index contributed by atoms with van der Waals surface area (Å²) >= 11 is 0. The van der Waals surface area contributed by atoms with Crippen LogP contribution in [0, 0.1) is 5.41 Å². The quantitative estimate of drug-likeness (QED) is 0.624. The maximum absolute atomic E-state index is 5.96. The lowest BCUT2D eigenvalue weighted by atomic mass is 9.76. The third-order valence-electron chi connectivity index (χ3n) is 3.47. The van der Waals surface area contributed by atoms with E-state index in [1.54, 1.807) is 6.20 Å². The van der Waals surface area contributed by atoms with Crippen molar-refractivity contribution < 1.29 is 4.74 Å². The number of nitrogens with one attached hydrogen (secondary N) is 1. The number of nitrogens with two attached hydrogens (primary N) is 1. The van der Waals surface area contributed by atoms with E-state index >= 15 is 0 Å². The number of rotatable bonds is 3. The highest BCUT2D eigenvalue weighted by molar-refractivity contribution is 5.39. The predicted molar refractivity (Wildman–Crippen MR) is 68.7 cm³/mol. The summed E-state index contributed by atoms with van der Waals surface area (Å²) in [6.07, 6.45) is 6.74. The van der Waals surface area contributed by atoms with E-state index in [1.807, 2.05) is 12.1 Å². The fourth-order valence-electron chi connectivity index (χ4n) is 2.25. The number of anilines is 1. The monoisotopic (exact) mass is 235 g/mol. The van der Waals surface area contributed by atoms with Gasteiger partial charge in [0, 0.05) is 12.3 Å². The van der Waals surface area contributed by atoms with Crippen molar-refractivity contribution in [2.75, 3.05) is 5.43 Å². The maximum atomic E-state index is 5.96. The molecule has 4 heteroatoms. The zero-order valence-electron chi connectivity index (χ0n) is 10.6. The molecule has 17 heavy (non-hydrogen) atoms. The normalized spacial score (nSPS) is 19.9. The van der Waals surface area contributed by atoms with Gasteiger partial charge in [-0.2, -0.15) is 0 Å². The van der Waals surface area contributed by atoms with Gasteiger partial charge in [-0.05, 0) is 37.2 Å². The van der Waals surface area contributed by atoms with Crippen LogP contribution in [0.2, 0.25) is 0 Å². The van der Waals surface area contributed by atoms with Crippen LogP contribution < -0.4 is 16.0 Å². The number of hydrogen-bond donors (Lipinski definition) is 2. The number of hydrogen-bond acceptors (Lipinski definition) is 4. The maximum Gasteiger partial charge on any atom is 0.143 e. The second-order valence-electron chi connectivity index (χ2n) is 5.50. The summed E-state index contributed by atoms with van der Waals surface area (Å²) < 4.78 is 5.96. The molecule has 0 amide bonds. The van der Waals surface area contributed by atoms with E-state index < -0.39 is 0 Å². The van der Waals surface area contributed by atoms with Crippen molar-refractivity contribution >= 4 is 5.82 Å². The van der Waals surface area contributed by atoms with Gasteiger partial charge in [-0.1, -0.05) is 13.8 Å². The van der Waals surface area contributed by atoms with Gasteiger partial charge in [0.1, 0.15) is 11.6 Å². The summed E-state index contributed by atoms with van der Waals surface area (Å²) in [4.78, 5) is 4.06. The lowest BCUT2D eigenvalue weighted by Crippen LogP contribution is -2.28. The number of ether oxygens (including phenoxy) is 1. The number of hydrazine groups is 1. The minimum atomic E-state index is 0.330. The standard InChI is InChI=1S/C13H21N3O/c1-13(2)6-3-10(4-7-13)17-11-5-8-15-12(9-11)16-14/h5,8-10H,3-4,6-7,14H2,1-2H3,(H,15,16). The summed E-state index contributed by atoms with van der Waals surface area (Å²) in [5, 5.41) is 0. The first-order chi connectivity index (χ1) is 8.09. The summed E-state index contributed by atoms with van der Waals surface area (Å²) in [5.41, 5.74) is 3.00. The Kier molecular flexibility index (Phi) is 3.52. The molecule has 0 saturated heterocycles. The zero-order valence-corrected chi connectivity index (χ0v) is 10.6. The molecule has 0 aromatic carbocycles. The molecule has 0 radical (unpaired) electrons. The SMILES string of the molecule is CC1(C)CCC(Oc2ccnc(NN)c2)CC1. The summed E-state index contributed by atoms with van der Waals surface area (Å²) in [7, 11) is 0. The third-order valence-corrected chi connectivity index (χ3v) is 3.47. The first kappa shape index (κ1) is 12.2. The van der Waals surface area contributed by atoms with Crippen LogP contribution in [0.4, 0.5) is 5.82 Å². The van der Waals surface area contributed by atoms with Crippen LogP contribution in [-0.4, -0.2) is 11.1 Å². The molecule has 2 rings (SSSR count). The van der Waals surface area contributed by atoms with Crippen LogP contribution in [0.15, 0.2) is 18.3 Å². The lowest BCUT2D eigenvalue weighted by Gasteiger charge is -2.34. The molecular formula is C13H21N3O. The van der Waals surface area contributed by atoms with E-state index in [4.69, 9.17) is 10.6 Å². The molecule has 1 saturated carbocycles. The van der Waals surface area contributed by atoms with Crippen LogP contribution in [0.5, 0.6) is 5.75 Å². The molecule has 1 heterocycles. The molecular weight excluding hydrogens is 214 g/mol. The van der Waals surface area contributed by atoms with Crippen molar-refractivity contribution in [1.82, 2.24) is 4.98 Å². The highest BCUT2D eigenvalue weighted by Crippen LogP contribution is 2.36. The van der Waals surface area contributed by atoms with E-state index in [0.29, 0.717) is 17.3 Å². The average molecular weight is 235 g/mol. The molecule has 1 aliphatic carbocycles. The van der Waals surface area contributed by atoms with E-state index in [-0.39, 0.29) is 0 Å². The topological polar surface area (TPSA) is 60.2 Å². The zero-order chi connectivity index (χ0) is 12.3. The molecule has 3 N–H and O–H groups in total. The Balaban J connectivity index is 1.93. The van der Waals surface area contributed by atoms with Crippen molar-refractivity contribution in [2.24, 2.45) is 11.3 Å². The number of aromatic nitrogens is 1. The van der Waals surface area contributed by atoms with Crippen molar-refractivity contribution in [3.8, 4) is 5.75 Å². The van der Waals surface area contributed by atoms with E-state index in [2.05, 4.69) is 24.3 Å². The molecule has 0 unspecified atom stereocenters. The van der Waals surface area contributed by atoms with Crippen molar-refractivity contribution in [2.45, 2.75) is 45.6 Å². The number of nitrogen functional groups attached to an aromatic ring is 1. The van der Waals surface area contributed by atoms with Crippen molar-refractivity contribution in [1.29, 1.82) is 0 Å². The largest absolute Gasteiger partial charge is 0.490 e. The molecule has 1 aromatic rings. The van der Waals surface area contributed by atoms with Gasteiger partial charge in [0.05, 0.1) is 6.10 Å². The van der Waals surface area contributed by atoms with Crippen molar-refractivity contribution in [3.63, 3.8) is 0 Å². The van der Waals surface area contributed by atoms with E-state index in [1.165, 1.54) is 12.8 Å². The molecule has 1 aliphatic rings. The minimum absolute atomic E-state index is 0.330. The molecule has 4 nitrogen and oxygen atoms in total. The van der Waals surface area contributed by atoms with Gasteiger partial charge in [-0.15, -0.1) is 0 Å². The van der Waals surface area contributed by atoms with Gasteiger partial charge in [0.15, 0.2) is 0 Å². The Bertz CT molecular complexity index is 369. The smallest absolute Gasteiger partial charge is 0.143 e. The van der Waals surface area contributed by atoms with Crippen LogP contribution in [0.25, 0.3) is 0 Å². The van der Waals surface area contributed by atoms with Gasteiger partial charge in [-0.25, -0.2) is 10.8 Å². The number of pyridine rings is 1. The molecule has 0 spiro atoms. The summed E-state index contributed by atoms with van der Waals surface area (Å²) in [6, 6.07) is 3.71. The lowest BCUT2D eigenvalue weighted by molar-refractivity contribution is 0.0987. The van der Waals surface area contributed by atoms with Crippen LogP contribution in [0.1, 0.15) is 39.5 Å². The second kappa shape index (κ2) is 4.92. The van der Waals surface area contributed by atoms with Crippen LogP contribution >= 0.6 is 0 Å². The Morgan fingerprint density at radius 1 is 1.41 bits per heavy atom. The Hall–Kier alpha value is -1.29. The molecule has 0 bridgehead atoms. The van der Waals surface area contributed by atoms with Crippen LogP contribution in [-0.2, 0) is 0 Å². The molecule has 0 aliphatic heterocycles. The highest BCUT2D eigenvalue weighted by atomic mass is 16.5.